The zero-order valence-corrected chi connectivity index (χ0v) is 13.1. The molecule has 3 nitrogen and oxygen atoms in total. The van der Waals surface area contributed by atoms with E-state index in [-0.39, 0.29) is 5.97 Å². The first-order chi connectivity index (χ1) is 10.6. The van der Waals surface area contributed by atoms with Crippen LogP contribution in [0.3, 0.4) is 0 Å². The highest BCUT2D eigenvalue weighted by molar-refractivity contribution is 6.30. The van der Waals surface area contributed by atoms with Gasteiger partial charge in [0, 0.05) is 10.6 Å². The molecular formula is C18H15ClO3. The first-order valence-corrected chi connectivity index (χ1v) is 7.30. The molecule has 0 radical (unpaired) electrons. The summed E-state index contributed by atoms with van der Waals surface area (Å²) >= 11 is 6.13. The van der Waals surface area contributed by atoms with Crippen LogP contribution in [-0.2, 0) is 4.74 Å². The quantitative estimate of drug-likeness (QED) is 0.777. The molecule has 22 heavy (non-hydrogen) atoms. The lowest BCUT2D eigenvalue weighted by Gasteiger charge is -2.21. The Kier molecular flexibility index (Phi) is 3.90. The Bertz CT molecular complexity index is 778. The van der Waals surface area contributed by atoms with Gasteiger partial charge in [-0.15, -0.1) is 0 Å². The second-order valence-electron chi connectivity index (χ2n) is 5.09. The molecule has 2 aromatic carbocycles. The third-order valence-electron chi connectivity index (χ3n) is 3.71. The van der Waals surface area contributed by atoms with Gasteiger partial charge in [-0.25, -0.2) is 4.79 Å². The molecule has 0 N–H and O–H groups in total. The Labute approximate surface area is 134 Å². The van der Waals surface area contributed by atoms with E-state index in [0.29, 0.717) is 17.2 Å². The fraction of sp³-hybridized carbons (Fsp3) is 0.167. The molecule has 0 unspecified atom stereocenters. The third kappa shape index (κ3) is 2.60. The molecule has 0 saturated heterocycles. The molecule has 0 bridgehead atoms. The number of halogens is 1. The summed E-state index contributed by atoms with van der Waals surface area (Å²) in [6.07, 6.45) is 2.00. The highest BCUT2D eigenvalue weighted by Gasteiger charge is 2.19. The summed E-state index contributed by atoms with van der Waals surface area (Å²) in [5.41, 5.74) is 4.55. The van der Waals surface area contributed by atoms with E-state index in [1.54, 1.807) is 18.2 Å². The minimum atomic E-state index is -0.365. The largest absolute Gasteiger partial charge is 0.489 e. The van der Waals surface area contributed by atoms with E-state index in [0.717, 1.165) is 28.0 Å². The summed E-state index contributed by atoms with van der Waals surface area (Å²) in [7, 11) is 1.37. The maximum absolute atomic E-state index is 11.8. The van der Waals surface area contributed by atoms with Crippen LogP contribution in [0.25, 0.3) is 5.57 Å². The number of carbonyl (C=O) groups is 1. The first kappa shape index (κ1) is 14.7. The molecule has 0 fully saturated rings. The van der Waals surface area contributed by atoms with E-state index < -0.39 is 0 Å². The van der Waals surface area contributed by atoms with Crippen molar-refractivity contribution in [3.8, 4) is 5.75 Å². The van der Waals surface area contributed by atoms with Crippen LogP contribution in [0.2, 0.25) is 5.02 Å². The van der Waals surface area contributed by atoms with Gasteiger partial charge in [-0.05, 0) is 60.0 Å². The lowest BCUT2D eigenvalue weighted by atomic mass is 9.91. The van der Waals surface area contributed by atoms with E-state index in [2.05, 4.69) is 0 Å². The van der Waals surface area contributed by atoms with Crippen LogP contribution >= 0.6 is 11.6 Å². The number of hydrogen-bond donors (Lipinski definition) is 0. The fourth-order valence-corrected chi connectivity index (χ4v) is 2.75. The van der Waals surface area contributed by atoms with Crippen molar-refractivity contribution in [3.05, 3.63) is 69.8 Å². The number of methoxy groups -OCH3 is 1. The molecule has 0 amide bonds. The topological polar surface area (TPSA) is 35.5 Å². The Morgan fingerprint density at radius 2 is 2.00 bits per heavy atom. The van der Waals surface area contributed by atoms with E-state index in [1.807, 2.05) is 31.2 Å². The molecule has 2 aromatic rings. The molecule has 1 aliphatic rings. The highest BCUT2D eigenvalue weighted by atomic mass is 35.5. The van der Waals surface area contributed by atoms with Crippen molar-refractivity contribution < 1.29 is 14.3 Å². The normalized spacial score (nSPS) is 13.0. The maximum Gasteiger partial charge on any atom is 0.337 e. The van der Waals surface area contributed by atoms with Crippen LogP contribution < -0.4 is 4.74 Å². The molecule has 3 rings (SSSR count). The predicted molar refractivity (Wildman–Crippen MR) is 86.5 cm³/mol. The number of rotatable bonds is 2. The number of benzene rings is 2. The number of hydrogen-bond acceptors (Lipinski definition) is 3. The van der Waals surface area contributed by atoms with Crippen molar-refractivity contribution >= 4 is 23.1 Å². The lowest BCUT2D eigenvalue weighted by molar-refractivity contribution is 0.0600. The van der Waals surface area contributed by atoms with Gasteiger partial charge in [0.25, 0.3) is 0 Å². The highest BCUT2D eigenvalue weighted by Crippen LogP contribution is 2.37. The molecule has 4 heteroatoms. The first-order valence-electron chi connectivity index (χ1n) is 6.92. The summed E-state index contributed by atoms with van der Waals surface area (Å²) < 4.78 is 10.4. The zero-order chi connectivity index (χ0) is 15.7. The molecular weight excluding hydrogens is 300 g/mol. The average molecular weight is 315 g/mol. The number of fused-ring (bicyclic) bond motifs is 1. The summed E-state index contributed by atoms with van der Waals surface area (Å²) in [5, 5.41) is 0.679. The standard InChI is InChI=1S/C18H15ClO3/c1-11-3-5-13(19)10-15(11)14-7-8-22-17-6-4-12(9-16(14)17)18(20)21-2/h3-7,9-10H,8H2,1-2H3. The molecule has 0 aliphatic carbocycles. The van der Waals surface area contributed by atoms with Gasteiger partial charge in [0.15, 0.2) is 0 Å². The third-order valence-corrected chi connectivity index (χ3v) is 3.94. The van der Waals surface area contributed by atoms with Crippen LogP contribution in [0.1, 0.15) is 27.0 Å². The van der Waals surface area contributed by atoms with Gasteiger partial charge in [-0.2, -0.15) is 0 Å². The van der Waals surface area contributed by atoms with E-state index in [4.69, 9.17) is 21.1 Å². The number of carbonyl (C=O) groups excluding carboxylic acids is 1. The summed E-state index contributed by atoms with van der Waals surface area (Å²) in [6.45, 7) is 2.53. The number of esters is 1. The lowest BCUT2D eigenvalue weighted by Crippen LogP contribution is -2.09. The van der Waals surface area contributed by atoms with E-state index >= 15 is 0 Å². The smallest absolute Gasteiger partial charge is 0.337 e. The van der Waals surface area contributed by atoms with E-state index in [9.17, 15) is 4.79 Å². The Morgan fingerprint density at radius 1 is 1.18 bits per heavy atom. The van der Waals surface area contributed by atoms with Crippen LogP contribution in [0, 0.1) is 6.92 Å². The SMILES string of the molecule is COC(=O)c1ccc2c(c1)C(c1cc(Cl)ccc1C)=CCO2. The average Bonchev–Trinajstić information content (AvgIpc) is 2.55. The summed E-state index contributed by atoms with van der Waals surface area (Å²) in [5.74, 6) is 0.389. The minimum absolute atomic E-state index is 0.365. The fourth-order valence-electron chi connectivity index (χ4n) is 2.58. The van der Waals surface area contributed by atoms with Crippen molar-refractivity contribution in [2.75, 3.05) is 13.7 Å². The molecule has 112 valence electrons. The van der Waals surface area contributed by atoms with Crippen LogP contribution in [0.15, 0.2) is 42.5 Å². The van der Waals surface area contributed by atoms with Crippen molar-refractivity contribution in [1.29, 1.82) is 0 Å². The van der Waals surface area contributed by atoms with Crippen molar-refractivity contribution in [1.82, 2.24) is 0 Å². The maximum atomic E-state index is 11.8. The van der Waals surface area contributed by atoms with E-state index in [1.165, 1.54) is 7.11 Å². The zero-order valence-electron chi connectivity index (χ0n) is 12.4. The number of ether oxygens (including phenoxy) is 2. The molecule has 1 aliphatic heterocycles. The number of aryl methyl sites for hydroxylation is 1. The van der Waals surface area contributed by atoms with Gasteiger partial charge < -0.3 is 9.47 Å². The second kappa shape index (κ2) is 5.85. The Morgan fingerprint density at radius 3 is 2.77 bits per heavy atom. The predicted octanol–water partition coefficient (Wildman–Crippen LogP) is 4.26. The van der Waals surface area contributed by atoms with Gasteiger partial charge in [-0.3, -0.25) is 0 Å². The van der Waals surface area contributed by atoms with Crippen molar-refractivity contribution in [2.45, 2.75) is 6.92 Å². The van der Waals surface area contributed by atoms with Gasteiger partial charge in [0.1, 0.15) is 12.4 Å². The second-order valence-corrected chi connectivity index (χ2v) is 5.53. The monoisotopic (exact) mass is 314 g/mol. The molecule has 0 spiro atoms. The summed E-state index contributed by atoms with van der Waals surface area (Å²) in [4.78, 5) is 11.8. The van der Waals surface area contributed by atoms with Crippen LogP contribution in [0.5, 0.6) is 5.75 Å². The van der Waals surface area contributed by atoms with Crippen molar-refractivity contribution in [3.63, 3.8) is 0 Å². The Balaban J connectivity index is 2.14. The summed E-state index contributed by atoms with van der Waals surface area (Å²) in [6, 6.07) is 11.1. The molecule has 0 aromatic heterocycles. The minimum Gasteiger partial charge on any atom is -0.489 e. The van der Waals surface area contributed by atoms with Crippen LogP contribution in [0.4, 0.5) is 0 Å². The Hall–Kier alpha value is -2.26. The molecule has 0 atom stereocenters. The van der Waals surface area contributed by atoms with Crippen molar-refractivity contribution in [2.24, 2.45) is 0 Å². The van der Waals surface area contributed by atoms with Crippen LogP contribution in [-0.4, -0.2) is 19.7 Å². The van der Waals surface area contributed by atoms with Gasteiger partial charge in [0.05, 0.1) is 12.7 Å². The van der Waals surface area contributed by atoms with Gasteiger partial charge in [-0.1, -0.05) is 17.7 Å². The molecule has 0 saturated carbocycles. The van der Waals surface area contributed by atoms with Gasteiger partial charge in [0.2, 0.25) is 0 Å². The van der Waals surface area contributed by atoms with Gasteiger partial charge >= 0.3 is 5.97 Å². The molecule has 1 heterocycles.